The number of methoxy groups -OCH3 is 3. The zero-order chi connectivity index (χ0) is 25.1. The second kappa shape index (κ2) is 9.97. The van der Waals surface area contributed by atoms with Gasteiger partial charge < -0.3 is 23.9 Å². The summed E-state index contributed by atoms with van der Waals surface area (Å²) in [5.74, 6) is 1.86. The van der Waals surface area contributed by atoms with Crippen molar-refractivity contribution < 1.29 is 23.4 Å². The molecule has 1 amide bonds. The molecule has 35 heavy (non-hydrogen) atoms. The highest BCUT2D eigenvalue weighted by molar-refractivity contribution is 6.06. The van der Waals surface area contributed by atoms with Crippen LogP contribution in [-0.4, -0.2) is 27.2 Å². The molecule has 6 heteroatoms. The third kappa shape index (κ3) is 4.73. The van der Waals surface area contributed by atoms with Gasteiger partial charge in [-0.15, -0.1) is 0 Å². The lowest BCUT2D eigenvalue weighted by Gasteiger charge is -2.14. The van der Waals surface area contributed by atoms with Crippen LogP contribution < -0.4 is 19.5 Å². The molecule has 0 atom stereocenters. The Bertz CT molecular complexity index is 1410. The van der Waals surface area contributed by atoms with Gasteiger partial charge in [0.15, 0.2) is 0 Å². The molecule has 0 unspecified atom stereocenters. The molecule has 180 valence electrons. The molecule has 0 fully saturated rings. The summed E-state index contributed by atoms with van der Waals surface area (Å²) in [6.07, 6.45) is 3.29. The third-order valence-corrected chi connectivity index (χ3v) is 6.04. The van der Waals surface area contributed by atoms with Crippen LogP contribution in [0.2, 0.25) is 0 Å². The molecule has 6 nitrogen and oxygen atoms in total. The number of fused-ring (bicyclic) bond motifs is 1. The minimum atomic E-state index is -0.215. The molecule has 0 bridgehead atoms. The van der Waals surface area contributed by atoms with E-state index in [1.54, 1.807) is 33.7 Å². The van der Waals surface area contributed by atoms with E-state index in [0.717, 1.165) is 44.5 Å². The number of anilines is 1. The normalized spacial score (nSPS) is 11.4. The molecule has 0 saturated carbocycles. The van der Waals surface area contributed by atoms with Crippen molar-refractivity contribution in [1.82, 2.24) is 0 Å². The Morgan fingerprint density at radius 1 is 0.914 bits per heavy atom. The number of ether oxygens (including phenoxy) is 3. The molecule has 0 aliphatic carbocycles. The minimum absolute atomic E-state index is 0.215. The summed E-state index contributed by atoms with van der Waals surface area (Å²) >= 11 is 0. The fourth-order valence-corrected chi connectivity index (χ4v) is 4.19. The SMILES string of the molecule is COc1ccc(OC)c(-c2coc3c(C)c(OC)c(/C(C)=C/C(=O)Nc4ccc(C)cc4)cc23)c1. The summed E-state index contributed by atoms with van der Waals surface area (Å²) in [6, 6.07) is 15.3. The highest BCUT2D eigenvalue weighted by atomic mass is 16.5. The molecule has 4 rings (SSSR count). The summed E-state index contributed by atoms with van der Waals surface area (Å²) in [5, 5.41) is 3.80. The Hall–Kier alpha value is -4.19. The number of nitrogens with one attached hydrogen (secondary N) is 1. The number of aryl methyl sites for hydroxylation is 2. The average molecular weight is 472 g/mol. The van der Waals surface area contributed by atoms with Crippen LogP contribution in [0.3, 0.4) is 0 Å². The van der Waals surface area contributed by atoms with Gasteiger partial charge in [0.25, 0.3) is 0 Å². The third-order valence-electron chi connectivity index (χ3n) is 6.04. The lowest BCUT2D eigenvalue weighted by molar-refractivity contribution is -0.111. The standard InChI is InChI=1S/C29H29NO5/c1-17-7-9-20(10-8-17)30-27(31)13-18(2)22-15-24-25(16-35-29(24)19(3)28(22)34-6)23-14-21(32-4)11-12-26(23)33-5/h7-16H,1-6H3,(H,30,31)/b18-13+. The van der Waals surface area contributed by atoms with Gasteiger partial charge in [-0.1, -0.05) is 17.7 Å². The van der Waals surface area contributed by atoms with Gasteiger partial charge in [0.1, 0.15) is 22.8 Å². The quantitative estimate of drug-likeness (QED) is 0.301. The van der Waals surface area contributed by atoms with Gasteiger partial charge in [-0.05, 0) is 62.7 Å². The van der Waals surface area contributed by atoms with Gasteiger partial charge in [0.05, 0.1) is 27.6 Å². The first-order valence-corrected chi connectivity index (χ1v) is 11.2. The molecule has 3 aromatic carbocycles. The van der Waals surface area contributed by atoms with Crippen LogP contribution in [0.5, 0.6) is 17.2 Å². The number of allylic oxidation sites excluding steroid dienone is 1. The predicted octanol–water partition coefficient (Wildman–Crippen LogP) is 6.78. The molecular weight excluding hydrogens is 442 g/mol. The molecule has 1 heterocycles. The maximum atomic E-state index is 12.7. The smallest absolute Gasteiger partial charge is 0.248 e. The Morgan fingerprint density at radius 3 is 2.31 bits per heavy atom. The number of carbonyl (C=O) groups is 1. The zero-order valence-electron chi connectivity index (χ0n) is 20.8. The molecule has 0 aliphatic heterocycles. The summed E-state index contributed by atoms with van der Waals surface area (Å²) in [6.45, 7) is 5.84. The van der Waals surface area contributed by atoms with Crippen LogP contribution in [0, 0.1) is 13.8 Å². The fourth-order valence-electron chi connectivity index (χ4n) is 4.19. The Balaban J connectivity index is 1.80. The van der Waals surface area contributed by atoms with E-state index in [9.17, 15) is 4.79 Å². The fraction of sp³-hybridized carbons (Fsp3) is 0.207. The Labute approximate surface area is 205 Å². The molecule has 4 aromatic rings. The summed E-state index contributed by atoms with van der Waals surface area (Å²) in [4.78, 5) is 12.7. The van der Waals surface area contributed by atoms with Gasteiger partial charge in [-0.2, -0.15) is 0 Å². The number of hydrogen-bond donors (Lipinski definition) is 1. The van der Waals surface area contributed by atoms with Crippen LogP contribution in [0.15, 0.2) is 65.3 Å². The Morgan fingerprint density at radius 2 is 1.66 bits per heavy atom. The second-order valence-corrected chi connectivity index (χ2v) is 8.36. The van der Waals surface area contributed by atoms with Crippen LogP contribution in [0.1, 0.15) is 23.6 Å². The molecular formula is C29H29NO5. The van der Waals surface area contributed by atoms with E-state index in [4.69, 9.17) is 18.6 Å². The summed E-state index contributed by atoms with van der Waals surface area (Å²) < 4.78 is 22.7. The van der Waals surface area contributed by atoms with Crippen LogP contribution in [-0.2, 0) is 4.79 Å². The summed E-state index contributed by atoms with van der Waals surface area (Å²) in [7, 11) is 4.88. The maximum absolute atomic E-state index is 12.7. The highest BCUT2D eigenvalue weighted by Crippen LogP contribution is 2.43. The van der Waals surface area contributed by atoms with Crippen molar-refractivity contribution in [2.75, 3.05) is 26.6 Å². The van der Waals surface area contributed by atoms with Crippen molar-refractivity contribution in [3.05, 3.63) is 77.6 Å². The molecule has 0 aliphatic rings. The molecule has 0 spiro atoms. The number of rotatable bonds is 7. The number of carbonyl (C=O) groups excluding carboxylic acids is 1. The first-order valence-electron chi connectivity index (χ1n) is 11.2. The van der Waals surface area contributed by atoms with E-state index < -0.39 is 0 Å². The van der Waals surface area contributed by atoms with Crippen molar-refractivity contribution in [1.29, 1.82) is 0 Å². The maximum Gasteiger partial charge on any atom is 0.248 e. The van der Waals surface area contributed by atoms with E-state index in [0.29, 0.717) is 22.8 Å². The molecule has 1 N–H and O–H groups in total. The van der Waals surface area contributed by atoms with Gasteiger partial charge in [0, 0.05) is 39.4 Å². The number of furan rings is 1. The largest absolute Gasteiger partial charge is 0.497 e. The summed E-state index contributed by atoms with van der Waals surface area (Å²) in [5.41, 5.74) is 6.71. The Kier molecular flexibility index (Phi) is 6.82. The van der Waals surface area contributed by atoms with Crippen molar-refractivity contribution in [3.63, 3.8) is 0 Å². The number of amides is 1. The van der Waals surface area contributed by atoms with Gasteiger partial charge in [0.2, 0.25) is 5.91 Å². The van der Waals surface area contributed by atoms with E-state index in [1.165, 1.54) is 0 Å². The van der Waals surface area contributed by atoms with Crippen LogP contribution >= 0.6 is 0 Å². The average Bonchev–Trinajstić information content (AvgIpc) is 3.29. The second-order valence-electron chi connectivity index (χ2n) is 8.36. The van der Waals surface area contributed by atoms with Gasteiger partial charge in [-0.25, -0.2) is 0 Å². The van der Waals surface area contributed by atoms with Gasteiger partial charge in [-0.3, -0.25) is 4.79 Å². The lowest BCUT2D eigenvalue weighted by Crippen LogP contribution is -2.08. The highest BCUT2D eigenvalue weighted by Gasteiger charge is 2.20. The molecule has 0 radical (unpaired) electrons. The number of hydrogen-bond acceptors (Lipinski definition) is 5. The van der Waals surface area contributed by atoms with E-state index >= 15 is 0 Å². The monoisotopic (exact) mass is 471 g/mol. The van der Waals surface area contributed by atoms with Crippen molar-refractivity contribution >= 4 is 28.1 Å². The number of benzene rings is 3. The molecule has 0 saturated heterocycles. The first-order chi connectivity index (χ1) is 16.9. The van der Waals surface area contributed by atoms with E-state index in [1.807, 2.05) is 69.3 Å². The predicted molar refractivity (Wildman–Crippen MR) is 140 cm³/mol. The van der Waals surface area contributed by atoms with Crippen molar-refractivity contribution in [3.8, 4) is 28.4 Å². The first kappa shape index (κ1) is 24.0. The van der Waals surface area contributed by atoms with E-state index in [-0.39, 0.29) is 5.91 Å². The minimum Gasteiger partial charge on any atom is -0.497 e. The van der Waals surface area contributed by atoms with Crippen LogP contribution in [0.25, 0.3) is 27.7 Å². The van der Waals surface area contributed by atoms with Gasteiger partial charge >= 0.3 is 0 Å². The lowest BCUT2D eigenvalue weighted by atomic mass is 9.96. The topological polar surface area (TPSA) is 69.9 Å². The van der Waals surface area contributed by atoms with Crippen LogP contribution in [0.4, 0.5) is 5.69 Å². The zero-order valence-corrected chi connectivity index (χ0v) is 20.8. The van der Waals surface area contributed by atoms with Crippen molar-refractivity contribution in [2.24, 2.45) is 0 Å². The van der Waals surface area contributed by atoms with Crippen molar-refractivity contribution in [2.45, 2.75) is 20.8 Å². The van der Waals surface area contributed by atoms with E-state index in [2.05, 4.69) is 5.32 Å². The molecule has 1 aromatic heterocycles.